The van der Waals surface area contributed by atoms with Gasteiger partial charge in [0.25, 0.3) is 0 Å². The number of aliphatic hydroxyl groups is 4. The van der Waals surface area contributed by atoms with Crippen LogP contribution in [0.2, 0.25) is 0 Å². The fraction of sp³-hybridized carbons (Fsp3) is 0.833. The quantitative estimate of drug-likeness (QED) is 0.0919. The van der Waals surface area contributed by atoms with E-state index in [-0.39, 0.29) is 25.6 Å². The Bertz CT molecular complexity index is 1070. The van der Waals surface area contributed by atoms with Crippen LogP contribution in [-0.4, -0.2) is 62.2 Å². The van der Waals surface area contributed by atoms with Gasteiger partial charge in [-0.3, -0.25) is 9.59 Å². The maximum absolute atomic E-state index is 13.2. The van der Waals surface area contributed by atoms with Crippen LogP contribution in [0.15, 0.2) is 23.3 Å². The molecule has 43 heavy (non-hydrogen) atoms. The van der Waals surface area contributed by atoms with Crippen molar-refractivity contribution < 1.29 is 34.8 Å². The number of carbonyl (C=O) groups excluding carboxylic acids is 2. The van der Waals surface area contributed by atoms with E-state index < -0.39 is 51.7 Å². The molecule has 8 atom stereocenters. The Balaban J connectivity index is 1.33. The minimum atomic E-state index is -1.83. The molecule has 2 saturated carbocycles. The first-order chi connectivity index (χ1) is 20.5. The molecule has 0 spiro atoms. The second kappa shape index (κ2) is 13.8. The topological polar surface area (TPSA) is 124 Å². The van der Waals surface area contributed by atoms with Gasteiger partial charge >= 0.3 is 5.97 Å². The number of esters is 1. The number of rotatable bonds is 17. The average Bonchev–Trinajstić information content (AvgIpc) is 3.43. The number of unbranched alkanes of at least 4 members (excludes halogenated alkanes) is 12. The third-order valence-corrected chi connectivity index (χ3v) is 11.8. The van der Waals surface area contributed by atoms with Crippen LogP contribution in [-0.2, 0) is 14.3 Å². The molecule has 0 aromatic carbocycles. The molecule has 4 rings (SSSR count). The maximum Gasteiger partial charge on any atom is 0.306 e. The average molecular weight is 603 g/mol. The van der Waals surface area contributed by atoms with Crippen LogP contribution in [0, 0.1) is 29.1 Å². The molecule has 4 aliphatic rings. The van der Waals surface area contributed by atoms with Gasteiger partial charge < -0.3 is 25.2 Å². The van der Waals surface area contributed by atoms with Crippen molar-refractivity contribution in [2.24, 2.45) is 29.1 Å². The van der Waals surface area contributed by atoms with Crippen molar-refractivity contribution in [2.45, 2.75) is 147 Å². The van der Waals surface area contributed by atoms with Crippen molar-refractivity contribution in [1.82, 2.24) is 0 Å². The smallest absolute Gasteiger partial charge is 0.306 e. The minimum absolute atomic E-state index is 0.0548. The lowest BCUT2D eigenvalue weighted by Crippen LogP contribution is -2.61. The minimum Gasteiger partial charge on any atom is -0.458 e. The summed E-state index contributed by atoms with van der Waals surface area (Å²) in [5.74, 6) is -2.97. The van der Waals surface area contributed by atoms with Gasteiger partial charge in [-0.15, -0.1) is 0 Å². The van der Waals surface area contributed by atoms with E-state index in [1.807, 2.05) is 13.8 Å². The summed E-state index contributed by atoms with van der Waals surface area (Å²) in [6, 6.07) is 0. The third-order valence-electron chi connectivity index (χ3n) is 11.8. The zero-order valence-corrected chi connectivity index (χ0v) is 27.2. The summed E-state index contributed by atoms with van der Waals surface area (Å²) < 4.78 is 6.27. The highest BCUT2D eigenvalue weighted by atomic mass is 16.6. The standard InChI is InChI=1S/C36H58O7/c1-5-6-7-8-9-10-11-12-13-14-15-16-17-18-30(39)43-35-21-26(3)36(42)28(31(35)33(35,4)24-38)20-27(23-37)22-34(41)29(36)19-25(2)32(34)40/h19-20,26,28-29,31,37-38,41-42H,5-18,21-24H2,1-4H3/t26-,28+,29+,31-,33-,34-,35+,36-/m1/s1. The number of ketones is 1. The maximum atomic E-state index is 13.2. The van der Waals surface area contributed by atoms with Gasteiger partial charge in [0, 0.05) is 36.0 Å². The molecule has 0 aromatic rings. The van der Waals surface area contributed by atoms with Gasteiger partial charge in [-0.05, 0) is 36.8 Å². The number of aliphatic hydroxyl groups excluding tert-OH is 2. The van der Waals surface area contributed by atoms with Gasteiger partial charge in [0.1, 0.15) is 11.2 Å². The molecule has 0 aromatic heterocycles. The molecule has 0 unspecified atom stereocenters. The molecule has 0 radical (unpaired) electrons. The summed E-state index contributed by atoms with van der Waals surface area (Å²) in [5, 5.41) is 44.8. The van der Waals surface area contributed by atoms with E-state index in [9.17, 15) is 30.0 Å². The molecule has 0 aliphatic heterocycles. The molecule has 4 N–H and O–H groups in total. The van der Waals surface area contributed by atoms with Crippen LogP contribution >= 0.6 is 0 Å². The van der Waals surface area contributed by atoms with Gasteiger partial charge in [-0.2, -0.15) is 0 Å². The van der Waals surface area contributed by atoms with Crippen LogP contribution in [0.4, 0.5) is 0 Å². The number of fused-ring (bicyclic) bond motifs is 5. The molecule has 2 fully saturated rings. The highest BCUT2D eigenvalue weighted by Gasteiger charge is 2.84. The fourth-order valence-electron chi connectivity index (χ4n) is 9.18. The van der Waals surface area contributed by atoms with E-state index >= 15 is 0 Å². The van der Waals surface area contributed by atoms with E-state index in [2.05, 4.69) is 6.92 Å². The highest BCUT2D eigenvalue weighted by molar-refractivity contribution is 6.04. The van der Waals surface area contributed by atoms with Crippen molar-refractivity contribution in [1.29, 1.82) is 0 Å². The Morgan fingerprint density at radius 2 is 1.49 bits per heavy atom. The molecule has 4 aliphatic carbocycles. The first-order valence-corrected chi connectivity index (χ1v) is 17.3. The second-order valence-corrected chi connectivity index (χ2v) is 14.7. The van der Waals surface area contributed by atoms with E-state index in [1.165, 1.54) is 64.2 Å². The molecule has 0 bridgehead atoms. The summed E-state index contributed by atoms with van der Waals surface area (Å²) in [4.78, 5) is 26.3. The number of hydrogen-bond acceptors (Lipinski definition) is 7. The lowest BCUT2D eigenvalue weighted by Gasteiger charge is -2.50. The normalized spacial score (nSPS) is 38.0. The van der Waals surface area contributed by atoms with Crippen molar-refractivity contribution in [2.75, 3.05) is 13.2 Å². The van der Waals surface area contributed by atoms with Crippen molar-refractivity contribution in [3.05, 3.63) is 23.3 Å². The summed E-state index contributed by atoms with van der Waals surface area (Å²) in [5.41, 5.74) is -4.14. The van der Waals surface area contributed by atoms with E-state index in [1.54, 1.807) is 19.1 Å². The van der Waals surface area contributed by atoms with Crippen molar-refractivity contribution in [3.63, 3.8) is 0 Å². The van der Waals surface area contributed by atoms with Gasteiger partial charge in [0.15, 0.2) is 5.78 Å². The van der Waals surface area contributed by atoms with Gasteiger partial charge in [-0.1, -0.05) is 110 Å². The molecule has 0 amide bonds. The molecule has 244 valence electrons. The molecular formula is C36H58O7. The fourth-order valence-corrected chi connectivity index (χ4v) is 9.18. The molecular weight excluding hydrogens is 544 g/mol. The monoisotopic (exact) mass is 602 g/mol. The summed E-state index contributed by atoms with van der Waals surface area (Å²) in [7, 11) is 0. The number of Topliss-reactive ketones (excluding diaryl/α,β-unsaturated/α-hetero) is 1. The third kappa shape index (κ3) is 6.17. The summed E-state index contributed by atoms with van der Waals surface area (Å²) in [6.07, 6.45) is 20.1. The van der Waals surface area contributed by atoms with Crippen LogP contribution in [0.1, 0.15) is 130 Å². The molecule has 7 heteroatoms. The second-order valence-electron chi connectivity index (χ2n) is 14.7. The van der Waals surface area contributed by atoms with E-state index in [0.717, 1.165) is 19.3 Å². The first-order valence-electron chi connectivity index (χ1n) is 17.3. The predicted octanol–water partition coefficient (Wildman–Crippen LogP) is 5.96. The van der Waals surface area contributed by atoms with Gasteiger partial charge in [-0.25, -0.2) is 0 Å². The Morgan fingerprint density at radius 3 is 2.02 bits per heavy atom. The predicted molar refractivity (Wildman–Crippen MR) is 167 cm³/mol. The van der Waals surface area contributed by atoms with Gasteiger partial charge in [0.05, 0.1) is 18.8 Å². The summed E-state index contributed by atoms with van der Waals surface area (Å²) in [6.45, 7) is 7.12. The Hall–Kier alpha value is -1.54. The lowest BCUT2D eigenvalue weighted by atomic mass is 9.60. The van der Waals surface area contributed by atoms with Crippen molar-refractivity contribution in [3.8, 4) is 0 Å². The van der Waals surface area contributed by atoms with Crippen LogP contribution in [0.5, 0.6) is 0 Å². The summed E-state index contributed by atoms with van der Waals surface area (Å²) >= 11 is 0. The molecule has 7 nitrogen and oxygen atoms in total. The van der Waals surface area contributed by atoms with E-state index in [0.29, 0.717) is 24.0 Å². The Morgan fingerprint density at radius 1 is 0.930 bits per heavy atom. The first kappa shape index (κ1) is 34.3. The number of hydrogen-bond donors (Lipinski definition) is 4. The van der Waals surface area contributed by atoms with Crippen LogP contribution < -0.4 is 0 Å². The van der Waals surface area contributed by atoms with Crippen LogP contribution in [0.25, 0.3) is 0 Å². The molecule has 0 heterocycles. The molecule has 0 saturated heterocycles. The number of carbonyl (C=O) groups is 2. The SMILES string of the molecule is CCCCCCCCCCCCCCCC(=O)O[C@@]12C[C@@H](C)[C@]3(O)[C@H]4C=C(C)C(=O)[C@@]4(O)CC(CO)=C[C@H]3[C@@H]1[C@@]2(C)CO. The van der Waals surface area contributed by atoms with Crippen molar-refractivity contribution >= 4 is 11.8 Å². The zero-order chi connectivity index (χ0) is 31.5. The van der Waals surface area contributed by atoms with Crippen LogP contribution in [0.3, 0.4) is 0 Å². The number of ether oxygens (including phenoxy) is 1. The van der Waals surface area contributed by atoms with E-state index in [4.69, 9.17) is 4.74 Å². The zero-order valence-electron chi connectivity index (χ0n) is 27.2. The van der Waals surface area contributed by atoms with Gasteiger partial charge in [0.2, 0.25) is 0 Å². The highest BCUT2D eigenvalue weighted by Crippen LogP contribution is 2.76. The lowest BCUT2D eigenvalue weighted by molar-refractivity contribution is -0.187. The Labute approximate surface area is 259 Å². The Kier molecular flexibility index (Phi) is 11.1. The largest absolute Gasteiger partial charge is 0.458 e.